The summed E-state index contributed by atoms with van der Waals surface area (Å²) in [5, 5.41) is 1.58. The lowest BCUT2D eigenvalue weighted by atomic mass is 10.1. The van der Waals surface area contributed by atoms with Gasteiger partial charge in [-0.2, -0.15) is 0 Å². The molecule has 1 amide bonds. The van der Waals surface area contributed by atoms with Crippen molar-refractivity contribution in [3.63, 3.8) is 0 Å². The largest absolute Gasteiger partial charge is 0.368 e. The van der Waals surface area contributed by atoms with Crippen LogP contribution < -0.4 is 4.90 Å². The van der Waals surface area contributed by atoms with Crippen molar-refractivity contribution in [2.75, 3.05) is 31.1 Å². The molecular weight excluding hydrogens is 355 g/mol. The van der Waals surface area contributed by atoms with Crippen molar-refractivity contribution >= 4 is 46.4 Å². The van der Waals surface area contributed by atoms with Gasteiger partial charge in [0.25, 0.3) is 5.91 Å². The van der Waals surface area contributed by atoms with Gasteiger partial charge in [0.2, 0.25) is 0 Å². The summed E-state index contributed by atoms with van der Waals surface area (Å²) >= 11 is 18.1. The number of benzene rings is 2. The maximum Gasteiger partial charge on any atom is 0.255 e. The average molecular weight is 370 g/mol. The molecule has 0 radical (unpaired) electrons. The zero-order valence-electron chi connectivity index (χ0n) is 12.3. The molecule has 6 heteroatoms. The molecule has 2 aromatic carbocycles. The summed E-state index contributed by atoms with van der Waals surface area (Å²) in [7, 11) is 0. The van der Waals surface area contributed by atoms with Crippen LogP contribution in [0.5, 0.6) is 0 Å². The molecule has 0 N–H and O–H groups in total. The average Bonchev–Trinajstić information content (AvgIpc) is 2.57. The SMILES string of the molecule is O=C(c1ccccc1Cl)N1CCN(c2ccc(Cl)c(Cl)c2)CC1. The zero-order valence-corrected chi connectivity index (χ0v) is 14.6. The molecule has 1 saturated heterocycles. The number of hydrogen-bond donors (Lipinski definition) is 0. The van der Waals surface area contributed by atoms with Crippen LogP contribution in [-0.4, -0.2) is 37.0 Å². The number of carbonyl (C=O) groups is 1. The van der Waals surface area contributed by atoms with Gasteiger partial charge in [-0.3, -0.25) is 4.79 Å². The standard InChI is InChI=1S/C17H15Cl3N2O/c18-14-4-2-1-3-13(14)17(23)22-9-7-21(8-10-22)12-5-6-15(19)16(20)11-12/h1-6,11H,7-10H2. The molecule has 1 fully saturated rings. The summed E-state index contributed by atoms with van der Waals surface area (Å²) < 4.78 is 0. The number of hydrogen-bond acceptors (Lipinski definition) is 2. The third-order valence-electron chi connectivity index (χ3n) is 3.94. The van der Waals surface area contributed by atoms with Crippen molar-refractivity contribution in [3.05, 3.63) is 63.1 Å². The molecule has 0 spiro atoms. The van der Waals surface area contributed by atoms with Crippen molar-refractivity contribution < 1.29 is 4.79 Å². The summed E-state index contributed by atoms with van der Waals surface area (Å²) in [5.41, 5.74) is 1.57. The molecule has 120 valence electrons. The Morgan fingerprint density at radius 1 is 0.826 bits per heavy atom. The lowest BCUT2D eigenvalue weighted by Crippen LogP contribution is -2.48. The first-order chi connectivity index (χ1) is 11.1. The minimum atomic E-state index is -0.0237. The maximum atomic E-state index is 12.5. The second kappa shape index (κ2) is 7.00. The van der Waals surface area contributed by atoms with Crippen LogP contribution in [0.25, 0.3) is 0 Å². The van der Waals surface area contributed by atoms with E-state index >= 15 is 0 Å². The highest BCUT2D eigenvalue weighted by Crippen LogP contribution is 2.28. The predicted octanol–water partition coefficient (Wildman–Crippen LogP) is 4.61. The number of amides is 1. The quantitative estimate of drug-likeness (QED) is 0.772. The van der Waals surface area contributed by atoms with Gasteiger partial charge in [0.05, 0.1) is 20.6 Å². The van der Waals surface area contributed by atoms with Gasteiger partial charge in [-0.15, -0.1) is 0 Å². The van der Waals surface area contributed by atoms with E-state index in [1.54, 1.807) is 18.2 Å². The van der Waals surface area contributed by atoms with E-state index in [0.717, 1.165) is 18.8 Å². The molecule has 0 atom stereocenters. The van der Waals surface area contributed by atoms with Crippen LogP contribution >= 0.6 is 34.8 Å². The summed E-state index contributed by atoms with van der Waals surface area (Å²) in [6.07, 6.45) is 0. The van der Waals surface area contributed by atoms with Gasteiger partial charge >= 0.3 is 0 Å². The van der Waals surface area contributed by atoms with Crippen LogP contribution in [0.2, 0.25) is 15.1 Å². The van der Waals surface area contributed by atoms with Gasteiger partial charge in [-0.05, 0) is 30.3 Å². The minimum absolute atomic E-state index is 0.0237. The van der Waals surface area contributed by atoms with Crippen molar-refractivity contribution in [2.24, 2.45) is 0 Å². The van der Waals surface area contributed by atoms with Crippen molar-refractivity contribution in [2.45, 2.75) is 0 Å². The molecule has 2 aromatic rings. The second-order valence-corrected chi connectivity index (χ2v) is 6.58. The first-order valence-corrected chi connectivity index (χ1v) is 8.43. The first-order valence-electron chi connectivity index (χ1n) is 7.30. The first kappa shape index (κ1) is 16.4. The highest BCUT2D eigenvalue weighted by Gasteiger charge is 2.23. The molecule has 1 heterocycles. The van der Waals surface area contributed by atoms with Crippen LogP contribution in [0, 0.1) is 0 Å². The smallest absolute Gasteiger partial charge is 0.255 e. The van der Waals surface area contributed by atoms with Gasteiger partial charge in [-0.25, -0.2) is 0 Å². The van der Waals surface area contributed by atoms with Gasteiger partial charge < -0.3 is 9.80 Å². The van der Waals surface area contributed by atoms with E-state index in [9.17, 15) is 4.79 Å². The zero-order chi connectivity index (χ0) is 16.4. The monoisotopic (exact) mass is 368 g/mol. The summed E-state index contributed by atoms with van der Waals surface area (Å²) in [4.78, 5) is 16.6. The molecule has 1 aliphatic rings. The predicted molar refractivity (Wildman–Crippen MR) is 96.0 cm³/mol. The highest BCUT2D eigenvalue weighted by molar-refractivity contribution is 6.42. The Hall–Kier alpha value is -1.42. The maximum absolute atomic E-state index is 12.5. The Balaban J connectivity index is 1.67. The molecule has 0 aliphatic carbocycles. The molecule has 3 nitrogen and oxygen atoms in total. The van der Waals surface area contributed by atoms with Crippen molar-refractivity contribution in [1.82, 2.24) is 4.90 Å². The molecule has 3 rings (SSSR count). The summed E-state index contributed by atoms with van der Waals surface area (Å²) in [6, 6.07) is 12.7. The molecule has 1 aliphatic heterocycles. The number of anilines is 1. The lowest BCUT2D eigenvalue weighted by molar-refractivity contribution is 0.0747. The third kappa shape index (κ3) is 3.57. The molecule has 0 unspecified atom stereocenters. The van der Waals surface area contributed by atoms with Crippen molar-refractivity contribution in [1.29, 1.82) is 0 Å². The minimum Gasteiger partial charge on any atom is -0.368 e. The van der Waals surface area contributed by atoms with Gasteiger partial charge in [0.15, 0.2) is 0 Å². The molecule has 23 heavy (non-hydrogen) atoms. The summed E-state index contributed by atoms with van der Waals surface area (Å²) in [6.45, 7) is 2.77. The van der Waals surface area contributed by atoms with Gasteiger partial charge in [-0.1, -0.05) is 46.9 Å². The Kier molecular flexibility index (Phi) is 5.00. The number of rotatable bonds is 2. The van der Waals surface area contributed by atoms with Crippen LogP contribution in [0.15, 0.2) is 42.5 Å². The Morgan fingerprint density at radius 2 is 1.52 bits per heavy atom. The highest BCUT2D eigenvalue weighted by atomic mass is 35.5. The van der Waals surface area contributed by atoms with E-state index < -0.39 is 0 Å². The number of nitrogens with zero attached hydrogens (tertiary/aromatic N) is 2. The Labute approximate surface area is 150 Å². The fourth-order valence-corrected chi connectivity index (χ4v) is 3.16. The van der Waals surface area contributed by atoms with Crippen LogP contribution in [-0.2, 0) is 0 Å². The van der Waals surface area contributed by atoms with Gasteiger partial charge in [0, 0.05) is 31.9 Å². The van der Waals surface area contributed by atoms with E-state index in [4.69, 9.17) is 34.8 Å². The topological polar surface area (TPSA) is 23.6 Å². The molecule has 0 aromatic heterocycles. The molecule has 0 saturated carbocycles. The van der Waals surface area contributed by atoms with Crippen molar-refractivity contribution in [3.8, 4) is 0 Å². The number of piperazine rings is 1. The van der Waals surface area contributed by atoms with E-state index in [-0.39, 0.29) is 5.91 Å². The van der Waals surface area contributed by atoms with E-state index in [0.29, 0.717) is 33.7 Å². The fourth-order valence-electron chi connectivity index (χ4n) is 2.65. The second-order valence-electron chi connectivity index (χ2n) is 5.36. The van der Waals surface area contributed by atoms with E-state index in [1.165, 1.54) is 0 Å². The Morgan fingerprint density at radius 3 is 2.17 bits per heavy atom. The fraction of sp³-hybridized carbons (Fsp3) is 0.235. The van der Waals surface area contributed by atoms with Gasteiger partial charge in [0.1, 0.15) is 0 Å². The Bertz CT molecular complexity index is 728. The number of carbonyl (C=O) groups excluding carboxylic acids is 1. The molecule has 0 bridgehead atoms. The van der Waals surface area contributed by atoms with Crippen LogP contribution in [0.3, 0.4) is 0 Å². The summed E-state index contributed by atoms with van der Waals surface area (Å²) in [5.74, 6) is -0.0237. The van der Waals surface area contributed by atoms with E-state index in [2.05, 4.69) is 4.90 Å². The third-order valence-corrected chi connectivity index (χ3v) is 5.01. The lowest BCUT2D eigenvalue weighted by Gasteiger charge is -2.36. The normalized spacial score (nSPS) is 14.9. The van der Waals surface area contributed by atoms with Crippen LogP contribution in [0.1, 0.15) is 10.4 Å². The van der Waals surface area contributed by atoms with E-state index in [1.807, 2.05) is 29.2 Å². The van der Waals surface area contributed by atoms with Crippen LogP contribution in [0.4, 0.5) is 5.69 Å². The number of halogens is 3. The molecular formula is C17H15Cl3N2O.